The molecule has 0 aromatic heterocycles. The van der Waals surface area contributed by atoms with Gasteiger partial charge in [0.05, 0.1) is 12.1 Å². The average molecular weight is 319 g/mol. The highest BCUT2D eigenvalue weighted by Gasteiger charge is 2.13. The van der Waals surface area contributed by atoms with E-state index in [2.05, 4.69) is 6.92 Å². The molecule has 128 valence electrons. The second kappa shape index (κ2) is 11.8. The monoisotopic (exact) mass is 319 g/mol. The van der Waals surface area contributed by atoms with E-state index in [-0.39, 0.29) is 18.3 Å². The number of ketones is 1. The van der Waals surface area contributed by atoms with Gasteiger partial charge in [0.25, 0.3) is 0 Å². The number of esters is 1. The van der Waals surface area contributed by atoms with Crippen LogP contribution in [-0.4, -0.2) is 18.3 Å². The molecule has 0 aliphatic carbocycles. The van der Waals surface area contributed by atoms with Crippen molar-refractivity contribution in [3.8, 4) is 5.75 Å². The summed E-state index contributed by atoms with van der Waals surface area (Å²) in [5.74, 6) is -0.193. The van der Waals surface area contributed by atoms with Crippen LogP contribution >= 0.6 is 0 Å². The lowest BCUT2D eigenvalue weighted by molar-refractivity contribution is -0.134. The normalized spacial score (nSPS) is 10.5. The Morgan fingerprint density at radius 3 is 2.22 bits per heavy atom. The van der Waals surface area contributed by atoms with Gasteiger partial charge in [0.2, 0.25) is 0 Å². The maximum atomic E-state index is 11.9. The molecule has 0 aliphatic rings. The minimum absolute atomic E-state index is 0.0907. The molecule has 1 aromatic carbocycles. The van der Waals surface area contributed by atoms with Crippen molar-refractivity contribution in [1.29, 1.82) is 0 Å². The maximum Gasteiger partial charge on any atom is 0.311 e. The molecule has 23 heavy (non-hydrogen) atoms. The van der Waals surface area contributed by atoms with E-state index in [1.807, 2.05) is 0 Å². The summed E-state index contributed by atoms with van der Waals surface area (Å²) in [6, 6.07) is 6.74. The predicted octanol–water partition coefficient (Wildman–Crippen LogP) is 4.26. The van der Waals surface area contributed by atoms with Crippen molar-refractivity contribution in [1.82, 2.24) is 0 Å². The summed E-state index contributed by atoms with van der Waals surface area (Å²) < 4.78 is 5.31. The van der Waals surface area contributed by atoms with Gasteiger partial charge in [-0.3, -0.25) is 9.59 Å². The van der Waals surface area contributed by atoms with Gasteiger partial charge in [0.1, 0.15) is 5.75 Å². The van der Waals surface area contributed by atoms with Gasteiger partial charge in [0, 0.05) is 6.42 Å². The zero-order chi connectivity index (χ0) is 16.9. The van der Waals surface area contributed by atoms with Crippen LogP contribution in [0.1, 0.15) is 75.1 Å². The Kier molecular flexibility index (Phi) is 9.96. The van der Waals surface area contributed by atoms with Gasteiger partial charge < -0.3 is 10.5 Å². The summed E-state index contributed by atoms with van der Waals surface area (Å²) >= 11 is 0. The summed E-state index contributed by atoms with van der Waals surface area (Å²) in [6.45, 7) is 2.12. The lowest BCUT2D eigenvalue weighted by Crippen LogP contribution is -2.16. The molecule has 2 N–H and O–H groups in total. The van der Waals surface area contributed by atoms with Crippen LogP contribution in [0.25, 0.3) is 0 Å². The summed E-state index contributed by atoms with van der Waals surface area (Å²) in [4.78, 5) is 23.6. The van der Waals surface area contributed by atoms with Gasteiger partial charge >= 0.3 is 5.97 Å². The van der Waals surface area contributed by atoms with Crippen molar-refractivity contribution >= 4 is 11.8 Å². The van der Waals surface area contributed by atoms with Crippen molar-refractivity contribution in [2.24, 2.45) is 5.73 Å². The number of para-hydroxylation sites is 1. The number of Topliss-reactive ketones (excluding diaryl/α,β-unsaturated/α-hetero) is 1. The second-order valence-corrected chi connectivity index (χ2v) is 5.82. The Bertz CT molecular complexity index is 485. The van der Waals surface area contributed by atoms with Crippen LogP contribution in [0.15, 0.2) is 24.3 Å². The molecular weight excluding hydrogens is 290 g/mol. The summed E-state index contributed by atoms with van der Waals surface area (Å²) in [5.41, 5.74) is 5.75. The molecule has 1 aromatic rings. The molecule has 0 heterocycles. The third-order valence-corrected chi connectivity index (χ3v) is 3.83. The van der Waals surface area contributed by atoms with E-state index in [1.165, 1.54) is 38.5 Å². The highest BCUT2D eigenvalue weighted by atomic mass is 16.5. The Balaban J connectivity index is 2.26. The van der Waals surface area contributed by atoms with Crippen LogP contribution in [0.3, 0.4) is 0 Å². The van der Waals surface area contributed by atoms with Crippen LogP contribution in [0.5, 0.6) is 5.75 Å². The molecule has 0 bridgehead atoms. The molecule has 0 radical (unpaired) electrons. The minimum Gasteiger partial charge on any atom is -0.426 e. The van der Waals surface area contributed by atoms with Gasteiger partial charge in [-0.25, -0.2) is 0 Å². The number of hydrogen-bond donors (Lipinski definition) is 1. The number of unbranched alkanes of at least 4 members (excludes halogenated alkanes) is 7. The van der Waals surface area contributed by atoms with E-state index in [1.54, 1.807) is 24.3 Å². The Labute approximate surface area is 139 Å². The highest BCUT2D eigenvalue weighted by molar-refractivity contribution is 6.00. The van der Waals surface area contributed by atoms with Gasteiger partial charge in [0.15, 0.2) is 5.78 Å². The smallest absolute Gasteiger partial charge is 0.311 e. The lowest BCUT2D eigenvalue weighted by atomic mass is 10.1. The zero-order valence-electron chi connectivity index (χ0n) is 14.2. The predicted molar refractivity (Wildman–Crippen MR) is 92.7 cm³/mol. The van der Waals surface area contributed by atoms with Crippen molar-refractivity contribution in [2.45, 2.75) is 64.7 Å². The van der Waals surface area contributed by atoms with Crippen LogP contribution < -0.4 is 10.5 Å². The van der Waals surface area contributed by atoms with E-state index in [0.717, 1.165) is 12.8 Å². The Morgan fingerprint density at radius 2 is 1.57 bits per heavy atom. The average Bonchev–Trinajstić information content (AvgIpc) is 2.57. The SMILES string of the molecule is CCCCCCCCCCC(=O)Oc1ccccc1C(=O)CN. The number of hydrogen-bond acceptors (Lipinski definition) is 4. The molecular formula is C19H29NO3. The third kappa shape index (κ3) is 7.93. The number of benzene rings is 1. The number of nitrogens with two attached hydrogens (primary N) is 1. The molecule has 0 amide bonds. The van der Waals surface area contributed by atoms with E-state index >= 15 is 0 Å². The largest absolute Gasteiger partial charge is 0.426 e. The van der Waals surface area contributed by atoms with Crippen molar-refractivity contribution in [3.63, 3.8) is 0 Å². The Morgan fingerprint density at radius 1 is 0.957 bits per heavy atom. The van der Waals surface area contributed by atoms with Crippen LogP contribution in [0.2, 0.25) is 0 Å². The molecule has 0 spiro atoms. The van der Waals surface area contributed by atoms with Crippen LogP contribution in [0.4, 0.5) is 0 Å². The summed E-state index contributed by atoms with van der Waals surface area (Å²) in [6.07, 6.45) is 9.84. The van der Waals surface area contributed by atoms with Gasteiger partial charge in [-0.15, -0.1) is 0 Å². The fraction of sp³-hybridized carbons (Fsp3) is 0.579. The summed E-state index contributed by atoms with van der Waals surface area (Å²) in [7, 11) is 0. The van der Waals surface area contributed by atoms with Crippen molar-refractivity contribution in [2.75, 3.05) is 6.54 Å². The minimum atomic E-state index is -0.284. The quantitative estimate of drug-likeness (QED) is 0.270. The zero-order valence-corrected chi connectivity index (χ0v) is 14.2. The molecule has 4 heteroatoms. The van der Waals surface area contributed by atoms with E-state index in [9.17, 15) is 9.59 Å². The third-order valence-electron chi connectivity index (χ3n) is 3.83. The topological polar surface area (TPSA) is 69.4 Å². The van der Waals surface area contributed by atoms with E-state index in [4.69, 9.17) is 10.5 Å². The van der Waals surface area contributed by atoms with Crippen LogP contribution in [-0.2, 0) is 4.79 Å². The molecule has 0 atom stereocenters. The molecule has 0 saturated carbocycles. The fourth-order valence-corrected chi connectivity index (χ4v) is 2.47. The number of carbonyl (C=O) groups is 2. The number of rotatable bonds is 12. The first kappa shape index (κ1) is 19.4. The van der Waals surface area contributed by atoms with Crippen LogP contribution in [0, 0.1) is 0 Å². The van der Waals surface area contributed by atoms with Crippen molar-refractivity contribution < 1.29 is 14.3 Å². The standard InChI is InChI=1S/C19H29NO3/c1-2-3-4-5-6-7-8-9-14-19(22)23-18-13-11-10-12-16(18)17(21)15-20/h10-13H,2-9,14-15,20H2,1H3. The molecule has 4 nitrogen and oxygen atoms in total. The fourth-order valence-electron chi connectivity index (χ4n) is 2.47. The first-order valence-corrected chi connectivity index (χ1v) is 8.72. The molecule has 1 rings (SSSR count). The second-order valence-electron chi connectivity index (χ2n) is 5.82. The highest BCUT2D eigenvalue weighted by Crippen LogP contribution is 2.19. The van der Waals surface area contributed by atoms with E-state index < -0.39 is 0 Å². The van der Waals surface area contributed by atoms with Gasteiger partial charge in [-0.05, 0) is 18.6 Å². The number of carbonyl (C=O) groups excluding carboxylic acids is 2. The first-order valence-electron chi connectivity index (χ1n) is 8.72. The Hall–Kier alpha value is -1.68. The number of ether oxygens (including phenoxy) is 1. The molecule has 0 fully saturated rings. The van der Waals surface area contributed by atoms with E-state index in [0.29, 0.717) is 17.7 Å². The lowest BCUT2D eigenvalue weighted by Gasteiger charge is -2.08. The first-order chi connectivity index (χ1) is 11.2. The molecule has 0 saturated heterocycles. The summed E-state index contributed by atoms with van der Waals surface area (Å²) in [5, 5.41) is 0. The maximum absolute atomic E-state index is 11.9. The van der Waals surface area contributed by atoms with Gasteiger partial charge in [-0.1, -0.05) is 64.0 Å². The molecule has 0 aliphatic heterocycles. The van der Waals surface area contributed by atoms with Crippen molar-refractivity contribution in [3.05, 3.63) is 29.8 Å². The van der Waals surface area contributed by atoms with Gasteiger partial charge in [-0.2, -0.15) is 0 Å². The molecule has 0 unspecified atom stereocenters.